The number of ether oxygens (including phenoxy) is 1. The molecule has 0 saturated carbocycles. The highest BCUT2D eigenvalue weighted by Gasteiger charge is 2.13. The maximum Gasteiger partial charge on any atom is 0.193 e. The predicted molar refractivity (Wildman–Crippen MR) is 58.5 cm³/mol. The van der Waals surface area contributed by atoms with Gasteiger partial charge in [0.05, 0.1) is 12.3 Å². The Morgan fingerprint density at radius 1 is 1.60 bits per heavy atom. The van der Waals surface area contributed by atoms with Gasteiger partial charge >= 0.3 is 0 Å². The van der Waals surface area contributed by atoms with Crippen molar-refractivity contribution >= 4 is 17.1 Å². The van der Waals surface area contributed by atoms with E-state index < -0.39 is 0 Å². The lowest BCUT2D eigenvalue weighted by Gasteiger charge is -1.94. The first-order valence-corrected chi connectivity index (χ1v) is 5.60. The zero-order valence-corrected chi connectivity index (χ0v) is 9.76. The molecule has 0 unspecified atom stereocenters. The topological polar surface area (TPSA) is 59.4 Å². The van der Waals surface area contributed by atoms with E-state index in [0.717, 1.165) is 10.6 Å². The lowest BCUT2D eigenvalue weighted by atomic mass is 10.3. The summed E-state index contributed by atoms with van der Waals surface area (Å²) in [6, 6.07) is 0. The summed E-state index contributed by atoms with van der Waals surface area (Å²) < 4.78 is 4.83. The van der Waals surface area contributed by atoms with Gasteiger partial charge in [-0.2, -0.15) is 0 Å². The molecule has 5 heteroatoms. The van der Waals surface area contributed by atoms with Crippen molar-refractivity contribution in [2.24, 2.45) is 0 Å². The standard InChI is InChI=1S/C10H15NO3S/c1-7-9(3-5-12)15-10(11-7)8(13)4-6-14-2/h12H,3-6H2,1-2H3. The van der Waals surface area contributed by atoms with Gasteiger partial charge in [-0.25, -0.2) is 4.98 Å². The number of hydrogen-bond donors (Lipinski definition) is 1. The van der Waals surface area contributed by atoms with Crippen molar-refractivity contribution in [3.63, 3.8) is 0 Å². The molecular weight excluding hydrogens is 214 g/mol. The zero-order valence-electron chi connectivity index (χ0n) is 8.95. The van der Waals surface area contributed by atoms with Crippen LogP contribution in [0.1, 0.15) is 26.8 Å². The van der Waals surface area contributed by atoms with Gasteiger partial charge in [0.1, 0.15) is 0 Å². The number of aryl methyl sites for hydroxylation is 1. The summed E-state index contributed by atoms with van der Waals surface area (Å²) in [5.74, 6) is 0.00846. The van der Waals surface area contributed by atoms with Gasteiger partial charge in [0.2, 0.25) is 0 Å². The van der Waals surface area contributed by atoms with Crippen molar-refractivity contribution < 1.29 is 14.6 Å². The van der Waals surface area contributed by atoms with Crippen molar-refractivity contribution in [1.82, 2.24) is 4.98 Å². The second-order valence-corrected chi connectivity index (χ2v) is 4.25. The molecule has 1 heterocycles. The van der Waals surface area contributed by atoms with Crippen molar-refractivity contribution in [2.45, 2.75) is 19.8 Å². The summed E-state index contributed by atoms with van der Waals surface area (Å²) in [5.41, 5.74) is 0.842. The lowest BCUT2D eigenvalue weighted by molar-refractivity contribution is 0.0931. The third-order valence-electron chi connectivity index (χ3n) is 2.00. The van der Waals surface area contributed by atoms with Gasteiger partial charge in [0, 0.05) is 31.4 Å². The first-order chi connectivity index (χ1) is 7.19. The number of aromatic nitrogens is 1. The number of aliphatic hydroxyl groups excluding tert-OH is 1. The molecule has 1 N–H and O–H groups in total. The molecule has 84 valence electrons. The average Bonchev–Trinajstić information content (AvgIpc) is 2.58. The van der Waals surface area contributed by atoms with Crippen LogP contribution >= 0.6 is 11.3 Å². The van der Waals surface area contributed by atoms with Gasteiger partial charge < -0.3 is 9.84 Å². The average molecular weight is 229 g/mol. The fourth-order valence-corrected chi connectivity index (χ4v) is 2.20. The molecule has 4 nitrogen and oxygen atoms in total. The molecule has 0 amide bonds. The number of Topliss-reactive ketones (excluding diaryl/α,β-unsaturated/α-hetero) is 1. The molecule has 0 aliphatic rings. The van der Waals surface area contributed by atoms with Gasteiger partial charge in [-0.05, 0) is 6.92 Å². The number of thiazole rings is 1. The Hall–Kier alpha value is -0.780. The molecule has 1 aromatic rings. The summed E-state index contributed by atoms with van der Waals surface area (Å²) in [6.07, 6.45) is 0.934. The van der Waals surface area contributed by atoms with Gasteiger partial charge in [-0.1, -0.05) is 0 Å². The molecule has 0 aromatic carbocycles. The maximum absolute atomic E-state index is 11.6. The largest absolute Gasteiger partial charge is 0.396 e. The van der Waals surface area contributed by atoms with Crippen molar-refractivity contribution in [2.75, 3.05) is 20.3 Å². The summed E-state index contributed by atoms with van der Waals surface area (Å²) >= 11 is 1.37. The minimum absolute atomic E-state index is 0.00846. The first kappa shape index (κ1) is 12.3. The number of carbonyl (C=O) groups is 1. The number of aliphatic hydroxyl groups is 1. The summed E-state index contributed by atoms with van der Waals surface area (Å²) in [4.78, 5) is 16.7. The predicted octanol–water partition coefficient (Wildman–Crippen LogP) is 1.21. The van der Waals surface area contributed by atoms with E-state index in [0.29, 0.717) is 24.5 Å². The van der Waals surface area contributed by atoms with Gasteiger partial charge in [0.15, 0.2) is 10.8 Å². The lowest BCUT2D eigenvalue weighted by Crippen LogP contribution is -2.02. The van der Waals surface area contributed by atoms with Crippen LogP contribution in [-0.2, 0) is 11.2 Å². The number of ketones is 1. The highest BCUT2D eigenvalue weighted by atomic mass is 32.1. The van der Waals surface area contributed by atoms with Crippen molar-refractivity contribution in [1.29, 1.82) is 0 Å². The van der Waals surface area contributed by atoms with Crippen LogP contribution in [0.5, 0.6) is 0 Å². The molecule has 0 aliphatic heterocycles. The molecule has 0 radical (unpaired) electrons. The molecule has 0 atom stereocenters. The molecule has 0 spiro atoms. The van der Waals surface area contributed by atoms with Crippen LogP contribution in [0.25, 0.3) is 0 Å². The maximum atomic E-state index is 11.6. The van der Waals surface area contributed by atoms with E-state index in [4.69, 9.17) is 9.84 Å². The Morgan fingerprint density at radius 2 is 2.33 bits per heavy atom. The highest BCUT2D eigenvalue weighted by Crippen LogP contribution is 2.19. The molecule has 0 fully saturated rings. The zero-order chi connectivity index (χ0) is 11.3. The van der Waals surface area contributed by atoms with Crippen molar-refractivity contribution in [3.8, 4) is 0 Å². The van der Waals surface area contributed by atoms with Crippen LogP contribution < -0.4 is 0 Å². The molecular formula is C10H15NO3S. The molecule has 0 saturated heterocycles. The normalized spacial score (nSPS) is 10.6. The SMILES string of the molecule is COCCC(=O)c1nc(C)c(CCO)s1. The smallest absolute Gasteiger partial charge is 0.193 e. The minimum Gasteiger partial charge on any atom is -0.396 e. The van der Waals surface area contributed by atoms with E-state index in [2.05, 4.69) is 4.98 Å². The molecule has 0 bridgehead atoms. The van der Waals surface area contributed by atoms with Gasteiger partial charge in [-0.3, -0.25) is 4.79 Å². The van der Waals surface area contributed by atoms with E-state index in [1.807, 2.05) is 6.92 Å². The van der Waals surface area contributed by atoms with E-state index in [9.17, 15) is 4.79 Å². The Kier molecular flexibility index (Phi) is 4.87. The number of rotatable bonds is 6. The van der Waals surface area contributed by atoms with Gasteiger partial charge in [0.25, 0.3) is 0 Å². The van der Waals surface area contributed by atoms with Crippen LogP contribution in [0, 0.1) is 6.92 Å². The number of nitrogens with zero attached hydrogens (tertiary/aromatic N) is 1. The van der Waals surface area contributed by atoms with Crippen molar-refractivity contribution in [3.05, 3.63) is 15.6 Å². The quantitative estimate of drug-likeness (QED) is 0.745. The van der Waals surface area contributed by atoms with Crippen LogP contribution in [0.3, 0.4) is 0 Å². The monoisotopic (exact) mass is 229 g/mol. The van der Waals surface area contributed by atoms with Crippen LogP contribution in [0.15, 0.2) is 0 Å². The summed E-state index contributed by atoms with van der Waals surface area (Å²) in [7, 11) is 1.57. The molecule has 1 aromatic heterocycles. The van der Waals surface area contributed by atoms with Crippen LogP contribution in [0.4, 0.5) is 0 Å². The fraction of sp³-hybridized carbons (Fsp3) is 0.600. The third kappa shape index (κ3) is 3.37. The van der Waals surface area contributed by atoms with E-state index >= 15 is 0 Å². The Morgan fingerprint density at radius 3 is 2.93 bits per heavy atom. The fourth-order valence-electron chi connectivity index (χ4n) is 1.18. The Balaban J connectivity index is 2.69. The number of hydrogen-bond acceptors (Lipinski definition) is 5. The highest BCUT2D eigenvalue weighted by molar-refractivity contribution is 7.13. The molecule has 0 aliphatic carbocycles. The molecule has 15 heavy (non-hydrogen) atoms. The summed E-state index contributed by atoms with van der Waals surface area (Å²) in [5, 5.41) is 9.33. The Labute approximate surface area is 92.9 Å². The Bertz CT molecular complexity index is 335. The van der Waals surface area contributed by atoms with E-state index in [1.165, 1.54) is 11.3 Å². The number of carbonyl (C=O) groups excluding carboxylic acids is 1. The first-order valence-electron chi connectivity index (χ1n) is 4.78. The summed E-state index contributed by atoms with van der Waals surface area (Å²) in [6.45, 7) is 2.37. The van der Waals surface area contributed by atoms with Crippen LogP contribution in [0.2, 0.25) is 0 Å². The second-order valence-electron chi connectivity index (χ2n) is 3.17. The van der Waals surface area contributed by atoms with E-state index in [1.54, 1.807) is 7.11 Å². The third-order valence-corrected chi connectivity index (χ3v) is 3.26. The number of methoxy groups -OCH3 is 1. The second kappa shape index (κ2) is 5.95. The van der Waals surface area contributed by atoms with E-state index in [-0.39, 0.29) is 12.4 Å². The minimum atomic E-state index is 0.00846. The molecule has 1 rings (SSSR count). The van der Waals surface area contributed by atoms with Crippen LogP contribution in [-0.4, -0.2) is 36.2 Å². The van der Waals surface area contributed by atoms with Gasteiger partial charge in [-0.15, -0.1) is 11.3 Å².